The number of hydrogen-bond acceptors (Lipinski definition) is 4. The number of amides is 1. The minimum absolute atomic E-state index is 0.112. The number of sulfonamides is 1. The molecule has 0 radical (unpaired) electrons. The van der Waals surface area contributed by atoms with Crippen molar-refractivity contribution in [3.05, 3.63) is 83.9 Å². The molecule has 2 N–H and O–H groups in total. The topological polar surface area (TPSA) is 84.5 Å². The normalized spacial score (nSPS) is 11.6. The summed E-state index contributed by atoms with van der Waals surface area (Å²) in [7, 11) is -2.58. The summed E-state index contributed by atoms with van der Waals surface area (Å²) in [4.78, 5) is 12.0. The van der Waals surface area contributed by atoms with Crippen LogP contribution in [0.2, 0.25) is 0 Å². The SMILES string of the molecule is COc1ccc(CC(=O)Nc2ccc(S(=O)(=O)Nc3cccc(C(F)(F)F)c3)cc2)cc1. The third-order valence-corrected chi connectivity index (χ3v) is 5.81. The molecule has 168 valence electrons. The van der Waals surface area contributed by atoms with Crippen molar-refractivity contribution in [3.63, 3.8) is 0 Å². The van der Waals surface area contributed by atoms with E-state index in [1.807, 2.05) is 0 Å². The number of ether oxygens (including phenoxy) is 1. The van der Waals surface area contributed by atoms with E-state index >= 15 is 0 Å². The number of alkyl halides is 3. The number of anilines is 2. The fourth-order valence-electron chi connectivity index (χ4n) is 2.82. The van der Waals surface area contributed by atoms with Crippen LogP contribution >= 0.6 is 0 Å². The molecule has 6 nitrogen and oxygen atoms in total. The lowest BCUT2D eigenvalue weighted by atomic mass is 10.1. The lowest BCUT2D eigenvalue weighted by molar-refractivity contribution is -0.137. The van der Waals surface area contributed by atoms with Crippen molar-refractivity contribution in [1.29, 1.82) is 0 Å². The standard InChI is InChI=1S/C22H19F3N2O4S/c1-31-19-9-5-15(6-10-19)13-21(28)26-17-7-11-20(12-8-17)32(29,30)27-18-4-2-3-16(14-18)22(23,24)25/h2-12,14,27H,13H2,1H3,(H,26,28). The van der Waals surface area contributed by atoms with E-state index in [0.29, 0.717) is 17.5 Å². The summed E-state index contributed by atoms with van der Waals surface area (Å²) in [6, 6.07) is 16.2. The van der Waals surface area contributed by atoms with Gasteiger partial charge in [0.25, 0.3) is 10.0 Å². The quantitative estimate of drug-likeness (QED) is 0.531. The number of benzene rings is 3. The Morgan fingerprint density at radius 1 is 0.938 bits per heavy atom. The molecule has 0 heterocycles. The third-order valence-electron chi connectivity index (χ3n) is 4.41. The zero-order chi connectivity index (χ0) is 23.4. The van der Waals surface area contributed by atoms with Crippen molar-refractivity contribution < 1.29 is 31.1 Å². The van der Waals surface area contributed by atoms with Gasteiger partial charge in [0.15, 0.2) is 0 Å². The van der Waals surface area contributed by atoms with Gasteiger partial charge in [-0.3, -0.25) is 9.52 Å². The van der Waals surface area contributed by atoms with Crippen LogP contribution in [0.3, 0.4) is 0 Å². The van der Waals surface area contributed by atoms with Gasteiger partial charge >= 0.3 is 6.18 Å². The summed E-state index contributed by atoms with van der Waals surface area (Å²) in [6.07, 6.45) is -4.48. The Hall–Kier alpha value is -3.53. The largest absolute Gasteiger partial charge is 0.497 e. The number of hydrogen-bond donors (Lipinski definition) is 2. The molecule has 0 unspecified atom stereocenters. The molecule has 0 aliphatic rings. The highest BCUT2D eigenvalue weighted by Gasteiger charge is 2.30. The van der Waals surface area contributed by atoms with Crippen molar-refractivity contribution >= 4 is 27.3 Å². The van der Waals surface area contributed by atoms with Gasteiger partial charge in [-0.05, 0) is 60.2 Å². The van der Waals surface area contributed by atoms with Gasteiger partial charge in [-0.25, -0.2) is 8.42 Å². The van der Waals surface area contributed by atoms with E-state index in [1.165, 1.54) is 30.3 Å². The molecule has 3 rings (SSSR count). The van der Waals surface area contributed by atoms with E-state index in [4.69, 9.17) is 4.74 Å². The molecule has 32 heavy (non-hydrogen) atoms. The first-order valence-electron chi connectivity index (χ1n) is 9.30. The Bertz CT molecular complexity index is 1190. The molecule has 3 aromatic rings. The molecule has 10 heteroatoms. The molecule has 0 spiro atoms. The molecule has 0 fully saturated rings. The van der Waals surface area contributed by atoms with E-state index < -0.39 is 21.8 Å². The maximum absolute atomic E-state index is 12.8. The smallest absolute Gasteiger partial charge is 0.416 e. The predicted octanol–water partition coefficient (Wildman–Crippen LogP) is 4.70. The minimum Gasteiger partial charge on any atom is -0.497 e. The summed E-state index contributed by atoms with van der Waals surface area (Å²) >= 11 is 0. The van der Waals surface area contributed by atoms with Crippen molar-refractivity contribution in [2.75, 3.05) is 17.1 Å². The van der Waals surface area contributed by atoms with Crippen molar-refractivity contribution in [2.24, 2.45) is 0 Å². The van der Waals surface area contributed by atoms with Crippen LogP contribution in [0, 0.1) is 0 Å². The van der Waals surface area contributed by atoms with Crippen LogP contribution in [0.1, 0.15) is 11.1 Å². The molecule has 0 aliphatic heterocycles. The second-order valence-corrected chi connectivity index (χ2v) is 8.46. The summed E-state index contributed by atoms with van der Waals surface area (Å²) in [6.45, 7) is 0. The summed E-state index contributed by atoms with van der Waals surface area (Å²) in [5.74, 6) is 0.373. The van der Waals surface area contributed by atoms with Crippen molar-refractivity contribution in [3.8, 4) is 5.75 Å². The van der Waals surface area contributed by atoms with Crippen LogP contribution in [0.25, 0.3) is 0 Å². The lowest BCUT2D eigenvalue weighted by Crippen LogP contribution is -2.15. The molecule has 3 aromatic carbocycles. The van der Waals surface area contributed by atoms with Gasteiger partial charge in [0.1, 0.15) is 5.75 Å². The molecule has 1 amide bonds. The molecule has 0 aromatic heterocycles. The van der Waals surface area contributed by atoms with Crippen molar-refractivity contribution in [2.45, 2.75) is 17.5 Å². The van der Waals surface area contributed by atoms with Gasteiger partial charge in [-0.1, -0.05) is 18.2 Å². The monoisotopic (exact) mass is 464 g/mol. The molecule has 0 atom stereocenters. The zero-order valence-corrected chi connectivity index (χ0v) is 17.6. The highest BCUT2D eigenvalue weighted by molar-refractivity contribution is 7.92. The first-order chi connectivity index (χ1) is 15.1. The first kappa shape index (κ1) is 23.1. The molecular formula is C22H19F3N2O4S. The maximum Gasteiger partial charge on any atom is 0.416 e. The van der Waals surface area contributed by atoms with Gasteiger partial charge in [-0.15, -0.1) is 0 Å². The number of carbonyl (C=O) groups excluding carboxylic acids is 1. The second-order valence-electron chi connectivity index (χ2n) is 6.78. The third kappa shape index (κ3) is 6.01. The molecular weight excluding hydrogens is 445 g/mol. The molecule has 0 aliphatic carbocycles. The fourth-order valence-corrected chi connectivity index (χ4v) is 3.87. The Balaban J connectivity index is 1.65. The summed E-state index contributed by atoms with van der Waals surface area (Å²) in [5.41, 5.74) is -0.0290. The molecule has 0 saturated carbocycles. The van der Waals surface area contributed by atoms with Crippen LogP contribution in [0.15, 0.2) is 77.7 Å². The number of carbonyl (C=O) groups is 1. The van der Waals surface area contributed by atoms with Gasteiger partial charge in [0.05, 0.1) is 24.0 Å². The van der Waals surface area contributed by atoms with E-state index in [2.05, 4.69) is 10.0 Å². The highest BCUT2D eigenvalue weighted by Crippen LogP contribution is 2.31. The van der Waals surface area contributed by atoms with E-state index in [9.17, 15) is 26.4 Å². The second kappa shape index (κ2) is 9.31. The van der Waals surface area contributed by atoms with Gasteiger partial charge < -0.3 is 10.1 Å². The Kier molecular flexibility index (Phi) is 6.73. The number of rotatable bonds is 7. The molecule has 0 saturated heterocycles. The number of halogens is 3. The Morgan fingerprint density at radius 2 is 1.59 bits per heavy atom. The van der Waals surface area contributed by atoms with E-state index in [1.54, 1.807) is 31.4 Å². The summed E-state index contributed by atoms with van der Waals surface area (Å²) in [5, 5.41) is 2.66. The highest BCUT2D eigenvalue weighted by atomic mass is 32.2. The summed E-state index contributed by atoms with van der Waals surface area (Å²) < 4.78 is 70.7. The van der Waals surface area contributed by atoms with Crippen LogP contribution < -0.4 is 14.8 Å². The molecule has 0 bridgehead atoms. The van der Waals surface area contributed by atoms with Crippen LogP contribution in [-0.4, -0.2) is 21.4 Å². The maximum atomic E-state index is 12.8. The predicted molar refractivity (Wildman–Crippen MR) is 114 cm³/mol. The Labute approximate surface area is 183 Å². The van der Waals surface area contributed by atoms with Gasteiger partial charge in [0, 0.05) is 11.4 Å². The number of nitrogens with one attached hydrogen (secondary N) is 2. The Morgan fingerprint density at radius 3 is 2.19 bits per heavy atom. The minimum atomic E-state index is -4.59. The average Bonchev–Trinajstić information content (AvgIpc) is 2.74. The van der Waals surface area contributed by atoms with Crippen LogP contribution in [0.4, 0.5) is 24.5 Å². The first-order valence-corrected chi connectivity index (χ1v) is 10.8. The van der Waals surface area contributed by atoms with E-state index in [0.717, 1.165) is 17.7 Å². The van der Waals surface area contributed by atoms with E-state index in [-0.39, 0.29) is 22.9 Å². The van der Waals surface area contributed by atoms with Crippen molar-refractivity contribution in [1.82, 2.24) is 0 Å². The zero-order valence-electron chi connectivity index (χ0n) is 16.8. The van der Waals surface area contributed by atoms with Crippen LogP contribution in [0.5, 0.6) is 5.75 Å². The van der Waals surface area contributed by atoms with Gasteiger partial charge in [0.2, 0.25) is 5.91 Å². The van der Waals surface area contributed by atoms with Gasteiger partial charge in [-0.2, -0.15) is 13.2 Å². The lowest BCUT2D eigenvalue weighted by Gasteiger charge is -2.12. The number of methoxy groups -OCH3 is 1. The fraction of sp³-hybridized carbons (Fsp3) is 0.136. The average molecular weight is 464 g/mol. The van der Waals surface area contributed by atoms with Crippen LogP contribution in [-0.2, 0) is 27.4 Å².